The Morgan fingerprint density at radius 1 is 1.24 bits per heavy atom. The van der Waals surface area contributed by atoms with E-state index in [0.717, 1.165) is 27.3 Å². The summed E-state index contributed by atoms with van der Waals surface area (Å²) in [5.74, 6) is 0.719. The number of phenols is 1. The van der Waals surface area contributed by atoms with Gasteiger partial charge in [-0.3, -0.25) is 0 Å². The molecule has 0 saturated heterocycles. The standard InChI is InChI=1S/C21H20O4/c1-5-8-16-15(7-3)19-17(24-16)11-18(22)25-21(19)14-9-12(4)20(23)13(6-2)10-14/h5,7-11,23H,1,6H2,2-4H3/b15-7+,16-8+. The van der Waals surface area contributed by atoms with Gasteiger partial charge in [0.25, 0.3) is 0 Å². The van der Waals surface area contributed by atoms with E-state index < -0.39 is 5.63 Å². The molecule has 0 unspecified atom stereocenters. The van der Waals surface area contributed by atoms with Gasteiger partial charge in [-0.1, -0.05) is 25.7 Å². The van der Waals surface area contributed by atoms with Crippen molar-refractivity contribution >= 4 is 23.1 Å². The first-order chi connectivity index (χ1) is 12.0. The molecule has 0 aliphatic carbocycles. The molecule has 128 valence electrons. The first kappa shape index (κ1) is 16.8. The molecule has 0 spiro atoms. The quantitative estimate of drug-likeness (QED) is 0.796. The number of hydrogen-bond acceptors (Lipinski definition) is 4. The number of fused-ring (bicyclic) bond motifs is 1. The molecule has 4 heteroatoms. The molecule has 1 aromatic carbocycles. The van der Waals surface area contributed by atoms with Crippen LogP contribution in [0.1, 0.15) is 25.0 Å². The van der Waals surface area contributed by atoms with Crippen molar-refractivity contribution < 1.29 is 13.9 Å². The molecule has 2 heterocycles. The van der Waals surface area contributed by atoms with Crippen LogP contribution in [0.3, 0.4) is 0 Å². The van der Waals surface area contributed by atoms with Crippen molar-refractivity contribution in [2.24, 2.45) is 0 Å². The minimum Gasteiger partial charge on any atom is -0.507 e. The van der Waals surface area contributed by atoms with E-state index in [4.69, 9.17) is 8.83 Å². The van der Waals surface area contributed by atoms with E-state index >= 15 is 0 Å². The molecule has 0 radical (unpaired) electrons. The van der Waals surface area contributed by atoms with E-state index in [1.54, 1.807) is 12.2 Å². The SMILES string of the molecule is C=C/C=c1/oc2cc(=O)oc(-c3cc(C)c(O)c(CC)c3)c2/c1=C/C. The van der Waals surface area contributed by atoms with Gasteiger partial charge in [0, 0.05) is 10.8 Å². The fourth-order valence-electron chi connectivity index (χ4n) is 3.08. The third kappa shape index (κ3) is 2.80. The molecule has 4 nitrogen and oxygen atoms in total. The van der Waals surface area contributed by atoms with E-state index in [2.05, 4.69) is 6.58 Å². The fourth-order valence-corrected chi connectivity index (χ4v) is 3.08. The van der Waals surface area contributed by atoms with Gasteiger partial charge in [-0.2, -0.15) is 0 Å². The van der Waals surface area contributed by atoms with Crippen LogP contribution >= 0.6 is 0 Å². The molecule has 3 rings (SSSR count). The zero-order chi connectivity index (χ0) is 18.1. The Kier molecular flexibility index (Phi) is 4.36. The lowest BCUT2D eigenvalue weighted by molar-refractivity contribution is 0.464. The van der Waals surface area contributed by atoms with E-state index in [1.807, 2.05) is 39.0 Å². The van der Waals surface area contributed by atoms with Gasteiger partial charge in [0.15, 0.2) is 0 Å². The van der Waals surface area contributed by atoms with Crippen LogP contribution in [0.2, 0.25) is 0 Å². The van der Waals surface area contributed by atoms with Gasteiger partial charge >= 0.3 is 5.63 Å². The Morgan fingerprint density at radius 2 is 2.00 bits per heavy atom. The molecule has 0 bridgehead atoms. The van der Waals surface area contributed by atoms with Crippen molar-refractivity contribution in [3.05, 3.63) is 63.0 Å². The van der Waals surface area contributed by atoms with E-state index in [1.165, 1.54) is 6.07 Å². The van der Waals surface area contributed by atoms with Crippen molar-refractivity contribution in [2.75, 3.05) is 0 Å². The zero-order valence-electron chi connectivity index (χ0n) is 14.6. The smallest absolute Gasteiger partial charge is 0.340 e. The highest BCUT2D eigenvalue weighted by Crippen LogP contribution is 2.32. The summed E-state index contributed by atoms with van der Waals surface area (Å²) >= 11 is 0. The molecule has 1 N–H and O–H groups in total. The van der Waals surface area contributed by atoms with Crippen molar-refractivity contribution in [1.29, 1.82) is 0 Å². The van der Waals surface area contributed by atoms with Gasteiger partial charge in [-0.15, -0.1) is 0 Å². The summed E-state index contributed by atoms with van der Waals surface area (Å²) in [4.78, 5) is 12.0. The van der Waals surface area contributed by atoms with Gasteiger partial charge in [0.1, 0.15) is 22.5 Å². The van der Waals surface area contributed by atoms with Crippen molar-refractivity contribution in [3.63, 3.8) is 0 Å². The summed E-state index contributed by atoms with van der Waals surface area (Å²) in [6.07, 6.45) is 5.98. The summed E-state index contributed by atoms with van der Waals surface area (Å²) < 4.78 is 11.4. The van der Waals surface area contributed by atoms with Crippen LogP contribution < -0.4 is 16.3 Å². The van der Waals surface area contributed by atoms with Gasteiger partial charge < -0.3 is 13.9 Å². The molecule has 0 amide bonds. The Bertz CT molecular complexity index is 1140. The molecular formula is C21H20O4. The number of rotatable bonds is 3. The fraction of sp³-hybridized carbons (Fsp3) is 0.190. The third-order valence-corrected chi connectivity index (χ3v) is 4.26. The largest absolute Gasteiger partial charge is 0.507 e. The average Bonchev–Trinajstić information content (AvgIpc) is 2.93. The van der Waals surface area contributed by atoms with E-state index in [0.29, 0.717) is 23.2 Å². The van der Waals surface area contributed by atoms with Crippen LogP contribution in [0.25, 0.3) is 34.4 Å². The van der Waals surface area contributed by atoms with Gasteiger partial charge in [0.05, 0.1) is 11.5 Å². The average molecular weight is 336 g/mol. The highest BCUT2D eigenvalue weighted by Gasteiger charge is 2.16. The molecule has 0 aliphatic rings. The maximum atomic E-state index is 12.0. The topological polar surface area (TPSA) is 63.6 Å². The minimum absolute atomic E-state index is 0.274. The normalized spacial score (nSPS) is 12.9. The zero-order valence-corrected chi connectivity index (χ0v) is 14.6. The summed E-state index contributed by atoms with van der Waals surface area (Å²) in [6.45, 7) is 9.40. The van der Waals surface area contributed by atoms with Gasteiger partial charge in [-0.25, -0.2) is 4.79 Å². The van der Waals surface area contributed by atoms with Crippen LogP contribution in [0, 0.1) is 6.92 Å². The number of phenolic OH excluding ortho intramolecular Hbond substituents is 1. The second-order valence-electron chi connectivity index (χ2n) is 5.86. The summed E-state index contributed by atoms with van der Waals surface area (Å²) in [7, 11) is 0. The molecule has 0 aliphatic heterocycles. The second-order valence-corrected chi connectivity index (χ2v) is 5.86. The van der Waals surface area contributed by atoms with Gasteiger partial charge in [-0.05, 0) is 49.6 Å². The third-order valence-electron chi connectivity index (χ3n) is 4.26. The first-order valence-electron chi connectivity index (χ1n) is 8.18. The van der Waals surface area contributed by atoms with Crippen molar-refractivity contribution in [1.82, 2.24) is 0 Å². The van der Waals surface area contributed by atoms with Crippen LogP contribution in [0.5, 0.6) is 5.75 Å². The maximum absolute atomic E-state index is 12.0. The molecular weight excluding hydrogens is 316 g/mol. The lowest BCUT2D eigenvalue weighted by Crippen LogP contribution is -2.19. The Hall–Kier alpha value is -3.01. The second kappa shape index (κ2) is 6.48. The predicted molar refractivity (Wildman–Crippen MR) is 100 cm³/mol. The molecule has 0 atom stereocenters. The van der Waals surface area contributed by atoms with Crippen LogP contribution in [0.4, 0.5) is 0 Å². The number of benzene rings is 1. The Morgan fingerprint density at radius 3 is 2.64 bits per heavy atom. The summed E-state index contributed by atoms with van der Waals surface area (Å²) in [5, 5.41) is 11.8. The lowest BCUT2D eigenvalue weighted by atomic mass is 9.99. The molecule has 0 fully saturated rings. The Balaban J connectivity index is 2.49. The van der Waals surface area contributed by atoms with Crippen LogP contribution in [-0.2, 0) is 6.42 Å². The number of aromatic hydroxyl groups is 1. The van der Waals surface area contributed by atoms with Crippen molar-refractivity contribution in [2.45, 2.75) is 27.2 Å². The number of aryl methyl sites for hydroxylation is 2. The summed E-state index contributed by atoms with van der Waals surface area (Å²) in [5.41, 5.74) is 2.89. The van der Waals surface area contributed by atoms with Gasteiger partial charge in [0.2, 0.25) is 0 Å². The monoisotopic (exact) mass is 336 g/mol. The highest BCUT2D eigenvalue weighted by molar-refractivity contribution is 5.91. The maximum Gasteiger partial charge on any atom is 0.340 e. The van der Waals surface area contributed by atoms with E-state index in [9.17, 15) is 9.90 Å². The molecule has 2 aromatic heterocycles. The highest BCUT2D eigenvalue weighted by atomic mass is 16.4. The number of hydrogen-bond donors (Lipinski definition) is 1. The first-order valence-corrected chi connectivity index (χ1v) is 8.18. The predicted octanol–water partition coefficient (Wildman–Crippen LogP) is 3.40. The number of allylic oxidation sites excluding steroid dienone is 1. The van der Waals surface area contributed by atoms with Crippen LogP contribution in [0.15, 0.2) is 44.5 Å². The number of furan rings is 1. The minimum atomic E-state index is -0.479. The molecule has 0 saturated carbocycles. The van der Waals surface area contributed by atoms with Crippen LogP contribution in [-0.4, -0.2) is 5.11 Å². The van der Waals surface area contributed by atoms with E-state index in [-0.39, 0.29) is 5.75 Å². The molecule has 25 heavy (non-hydrogen) atoms. The molecule has 3 aromatic rings. The Labute approximate surface area is 145 Å². The lowest BCUT2D eigenvalue weighted by Gasteiger charge is -2.09. The summed E-state index contributed by atoms with van der Waals surface area (Å²) in [6, 6.07) is 5.01. The van der Waals surface area contributed by atoms with Crippen molar-refractivity contribution in [3.8, 4) is 17.1 Å².